The van der Waals surface area contributed by atoms with Crippen molar-refractivity contribution in [2.24, 2.45) is 0 Å². The molecule has 2 heterocycles. The highest BCUT2D eigenvalue weighted by Gasteiger charge is 2.23. The van der Waals surface area contributed by atoms with E-state index in [4.69, 9.17) is 5.73 Å². The number of ketones is 1. The maximum Gasteiger partial charge on any atom is 0.237 e. The Labute approximate surface area is 192 Å². The lowest BCUT2D eigenvalue weighted by Crippen LogP contribution is -2.50. The quantitative estimate of drug-likeness (QED) is 0.513. The molecule has 4 rings (SSSR count). The number of carbonyl (C=O) groups excluding carboxylic acids is 2. The van der Waals surface area contributed by atoms with Crippen LogP contribution in [0.3, 0.4) is 0 Å². The number of amides is 1. The second-order valence-corrected chi connectivity index (χ2v) is 8.20. The van der Waals surface area contributed by atoms with Gasteiger partial charge < -0.3 is 15.7 Å². The Bertz CT molecular complexity index is 1190. The molecule has 1 aromatic heterocycles. The van der Waals surface area contributed by atoms with Crippen LogP contribution in [0.1, 0.15) is 24.0 Å². The number of piperazine rings is 1. The number of nitrogen functional groups attached to an aromatic ring is 1. The fourth-order valence-electron chi connectivity index (χ4n) is 3.94. The fraction of sp³-hybridized carbons (Fsp3) is 0.280. The molecule has 0 bridgehead atoms. The van der Waals surface area contributed by atoms with Crippen LogP contribution in [0.15, 0.2) is 54.9 Å². The zero-order valence-corrected chi connectivity index (χ0v) is 18.4. The summed E-state index contributed by atoms with van der Waals surface area (Å²) < 4.78 is 0. The molecule has 0 spiro atoms. The maximum absolute atomic E-state index is 12.7. The van der Waals surface area contributed by atoms with Crippen LogP contribution in [-0.2, 0) is 16.1 Å². The van der Waals surface area contributed by atoms with E-state index in [1.807, 2.05) is 29.2 Å². The second-order valence-electron chi connectivity index (χ2n) is 8.20. The Kier molecular flexibility index (Phi) is 6.95. The summed E-state index contributed by atoms with van der Waals surface area (Å²) in [5.41, 5.74) is 8.44. The Morgan fingerprint density at radius 3 is 2.85 bits per heavy atom. The standard InChI is InChI=1S/C25H27N5O3/c26-25-22-9-7-19(14-23(22)27-17-28-25)15-30-12-11-29(16-24(30)33)10-2-5-20(31)8-6-18-3-1-4-21(32)13-18/h1,3-4,6-9,13-14,17,32H,2,5,10-12,15-16H2,(H2,26,27,28). The smallest absolute Gasteiger partial charge is 0.237 e. The number of carbonyl (C=O) groups is 2. The van der Waals surface area contributed by atoms with Gasteiger partial charge in [0, 0.05) is 31.4 Å². The third-order valence-electron chi connectivity index (χ3n) is 5.73. The normalized spacial score (nSPS) is 14.9. The molecule has 0 atom stereocenters. The van der Waals surface area contributed by atoms with Crippen LogP contribution in [0, 0.1) is 0 Å². The molecule has 1 aliphatic heterocycles. The first-order valence-corrected chi connectivity index (χ1v) is 11.0. The van der Waals surface area contributed by atoms with Crippen LogP contribution < -0.4 is 5.73 Å². The molecule has 1 saturated heterocycles. The largest absolute Gasteiger partial charge is 0.508 e. The van der Waals surface area contributed by atoms with Gasteiger partial charge in [-0.3, -0.25) is 14.5 Å². The number of anilines is 1. The van der Waals surface area contributed by atoms with Crippen molar-refractivity contribution in [1.82, 2.24) is 19.8 Å². The van der Waals surface area contributed by atoms with Crippen molar-refractivity contribution in [1.29, 1.82) is 0 Å². The number of phenolic OH excluding ortho intramolecular Hbond substituents is 1. The van der Waals surface area contributed by atoms with Gasteiger partial charge in [0.25, 0.3) is 0 Å². The number of nitrogens with zero attached hydrogens (tertiary/aromatic N) is 4. The fourth-order valence-corrected chi connectivity index (χ4v) is 3.94. The van der Waals surface area contributed by atoms with Crippen LogP contribution in [0.4, 0.5) is 5.82 Å². The van der Waals surface area contributed by atoms with Crippen LogP contribution in [0.2, 0.25) is 0 Å². The Hall–Kier alpha value is -3.78. The van der Waals surface area contributed by atoms with Gasteiger partial charge in [-0.25, -0.2) is 9.97 Å². The minimum atomic E-state index is 0.0315. The predicted octanol–water partition coefficient (Wildman–Crippen LogP) is 2.62. The van der Waals surface area contributed by atoms with E-state index in [0.29, 0.717) is 44.8 Å². The highest BCUT2D eigenvalue weighted by atomic mass is 16.3. The van der Waals surface area contributed by atoms with Crippen molar-refractivity contribution < 1.29 is 14.7 Å². The van der Waals surface area contributed by atoms with Crippen LogP contribution in [0.5, 0.6) is 5.75 Å². The molecule has 0 unspecified atom stereocenters. The number of hydrogen-bond donors (Lipinski definition) is 2. The average Bonchev–Trinajstić information content (AvgIpc) is 2.80. The highest BCUT2D eigenvalue weighted by molar-refractivity contribution is 5.93. The molecule has 33 heavy (non-hydrogen) atoms. The van der Waals surface area contributed by atoms with Gasteiger partial charge in [-0.1, -0.05) is 24.3 Å². The second kappa shape index (κ2) is 10.2. The van der Waals surface area contributed by atoms with Gasteiger partial charge in [-0.15, -0.1) is 0 Å². The van der Waals surface area contributed by atoms with Crippen molar-refractivity contribution >= 4 is 34.5 Å². The van der Waals surface area contributed by atoms with Gasteiger partial charge >= 0.3 is 0 Å². The molecule has 8 nitrogen and oxygen atoms in total. The molecule has 2 aromatic carbocycles. The number of rotatable bonds is 8. The molecular weight excluding hydrogens is 418 g/mol. The first kappa shape index (κ1) is 22.4. The molecule has 0 saturated carbocycles. The van der Waals surface area contributed by atoms with Gasteiger partial charge in [0.05, 0.1) is 12.1 Å². The minimum absolute atomic E-state index is 0.0315. The van der Waals surface area contributed by atoms with Crippen molar-refractivity contribution in [2.45, 2.75) is 19.4 Å². The van der Waals surface area contributed by atoms with E-state index in [1.54, 1.807) is 30.4 Å². The number of nitrogens with two attached hydrogens (primary N) is 1. The Morgan fingerprint density at radius 2 is 2.03 bits per heavy atom. The van der Waals surface area contributed by atoms with E-state index in [9.17, 15) is 14.7 Å². The van der Waals surface area contributed by atoms with E-state index in [2.05, 4.69) is 14.9 Å². The first-order valence-electron chi connectivity index (χ1n) is 11.0. The molecular formula is C25H27N5O3. The number of allylic oxidation sites excluding steroid dienone is 1. The molecule has 1 amide bonds. The van der Waals surface area contributed by atoms with Crippen LogP contribution >= 0.6 is 0 Å². The highest BCUT2D eigenvalue weighted by Crippen LogP contribution is 2.19. The Balaban J connectivity index is 1.22. The van der Waals surface area contributed by atoms with Gasteiger partial charge in [-0.05, 0) is 54.4 Å². The molecule has 1 aliphatic rings. The number of aromatic hydroxyl groups is 1. The maximum atomic E-state index is 12.7. The first-order chi connectivity index (χ1) is 16.0. The summed E-state index contributed by atoms with van der Waals surface area (Å²) in [6.07, 6.45) is 5.81. The van der Waals surface area contributed by atoms with Crippen molar-refractivity contribution in [2.75, 3.05) is 31.9 Å². The summed E-state index contributed by atoms with van der Waals surface area (Å²) in [4.78, 5) is 37.0. The molecule has 8 heteroatoms. The molecule has 3 aromatic rings. The van der Waals surface area contributed by atoms with Gasteiger partial charge in [0.1, 0.15) is 17.9 Å². The van der Waals surface area contributed by atoms with Gasteiger partial charge in [0.2, 0.25) is 5.91 Å². The zero-order chi connectivity index (χ0) is 23.2. The number of hydrogen-bond acceptors (Lipinski definition) is 7. The lowest BCUT2D eigenvalue weighted by Gasteiger charge is -2.34. The monoisotopic (exact) mass is 445 g/mol. The number of fused-ring (bicyclic) bond motifs is 1. The van der Waals surface area contributed by atoms with E-state index in [1.165, 1.54) is 6.33 Å². The number of benzene rings is 2. The van der Waals surface area contributed by atoms with Crippen LogP contribution in [-0.4, -0.2) is 62.7 Å². The molecule has 1 fully saturated rings. The summed E-state index contributed by atoms with van der Waals surface area (Å²) >= 11 is 0. The predicted molar refractivity (Wildman–Crippen MR) is 127 cm³/mol. The molecule has 3 N–H and O–H groups in total. The molecule has 0 radical (unpaired) electrons. The van der Waals surface area contributed by atoms with Crippen molar-refractivity contribution in [3.05, 3.63) is 66.0 Å². The van der Waals surface area contributed by atoms with E-state index < -0.39 is 0 Å². The summed E-state index contributed by atoms with van der Waals surface area (Å²) in [7, 11) is 0. The SMILES string of the molecule is Nc1ncnc2cc(CN3CCN(CCCC(=O)C=Cc4cccc(O)c4)CC3=O)ccc12. The van der Waals surface area contributed by atoms with Gasteiger partial charge in [0.15, 0.2) is 5.78 Å². The summed E-state index contributed by atoms with van der Waals surface area (Å²) in [6.45, 7) is 3.02. The van der Waals surface area contributed by atoms with E-state index in [0.717, 1.165) is 28.6 Å². The minimum Gasteiger partial charge on any atom is -0.508 e. The third kappa shape index (κ3) is 5.93. The lowest BCUT2D eigenvalue weighted by atomic mass is 10.1. The molecule has 170 valence electrons. The molecule has 0 aliphatic carbocycles. The van der Waals surface area contributed by atoms with Crippen molar-refractivity contribution in [3.8, 4) is 5.75 Å². The van der Waals surface area contributed by atoms with Crippen molar-refractivity contribution in [3.63, 3.8) is 0 Å². The Morgan fingerprint density at radius 1 is 1.15 bits per heavy atom. The van der Waals surface area contributed by atoms with Gasteiger partial charge in [-0.2, -0.15) is 0 Å². The van der Waals surface area contributed by atoms with E-state index in [-0.39, 0.29) is 17.4 Å². The summed E-state index contributed by atoms with van der Waals surface area (Å²) in [5.74, 6) is 0.736. The summed E-state index contributed by atoms with van der Waals surface area (Å²) in [5, 5.41) is 10.3. The number of phenols is 1. The zero-order valence-electron chi connectivity index (χ0n) is 18.4. The average molecular weight is 446 g/mol. The third-order valence-corrected chi connectivity index (χ3v) is 5.73. The van der Waals surface area contributed by atoms with E-state index >= 15 is 0 Å². The summed E-state index contributed by atoms with van der Waals surface area (Å²) in [6, 6.07) is 12.6. The number of aromatic nitrogens is 2. The lowest BCUT2D eigenvalue weighted by molar-refractivity contribution is -0.136. The topological polar surface area (TPSA) is 113 Å². The van der Waals surface area contributed by atoms with Crippen LogP contribution in [0.25, 0.3) is 17.0 Å².